The van der Waals surface area contributed by atoms with E-state index >= 15 is 0 Å². The zero-order valence-electron chi connectivity index (χ0n) is 18.0. The molecule has 0 saturated heterocycles. The van der Waals surface area contributed by atoms with E-state index in [4.69, 9.17) is 18.9 Å². The van der Waals surface area contributed by atoms with E-state index in [0.29, 0.717) is 0 Å². The molecule has 0 spiro atoms. The van der Waals surface area contributed by atoms with Crippen LogP contribution in [-0.4, -0.2) is 26.4 Å². The van der Waals surface area contributed by atoms with Gasteiger partial charge in [-0.05, 0) is 64.8 Å². The van der Waals surface area contributed by atoms with E-state index in [-0.39, 0.29) is 12.2 Å². The molecule has 0 amide bonds. The Hall–Kier alpha value is -2.62. The summed E-state index contributed by atoms with van der Waals surface area (Å²) >= 11 is 0. The summed E-state index contributed by atoms with van der Waals surface area (Å²) < 4.78 is 22.8. The van der Waals surface area contributed by atoms with Crippen LogP contribution in [-0.2, 0) is 6.42 Å². The fourth-order valence-corrected chi connectivity index (χ4v) is 3.06. The van der Waals surface area contributed by atoms with E-state index in [1.807, 2.05) is 65.0 Å². The second kappa shape index (κ2) is 10.1. The summed E-state index contributed by atoms with van der Waals surface area (Å²) in [6, 6.07) is 9.98. The monoisotopic (exact) mass is 384 g/mol. The van der Waals surface area contributed by atoms with Gasteiger partial charge in [0.05, 0.1) is 26.4 Å². The Morgan fingerprint density at radius 2 is 1.57 bits per heavy atom. The second-order valence-corrected chi connectivity index (χ2v) is 7.22. The number of methoxy groups -OCH3 is 2. The third-order valence-electron chi connectivity index (χ3n) is 4.22. The quantitative estimate of drug-likeness (QED) is 0.544. The Morgan fingerprint density at radius 3 is 2.18 bits per heavy atom. The third-order valence-corrected chi connectivity index (χ3v) is 4.22. The lowest BCUT2D eigenvalue weighted by Gasteiger charge is -2.16. The molecular weight excluding hydrogens is 352 g/mol. The standard InChI is InChI=1S/C24H32O4/c1-16(2)27-21-13-11-19(23(15-21)28-17(3)4)9-8-10-20-12-14-22(25-6)18(5)24(20)26-7/h8-9,11-17H,10H2,1-7H3/b9-8+. The van der Waals surface area contributed by atoms with Crippen molar-refractivity contribution in [1.29, 1.82) is 0 Å². The molecule has 2 rings (SSSR count). The number of ether oxygens (including phenoxy) is 4. The molecule has 4 heteroatoms. The maximum absolute atomic E-state index is 5.99. The smallest absolute Gasteiger partial charge is 0.130 e. The van der Waals surface area contributed by atoms with E-state index in [2.05, 4.69) is 12.2 Å². The lowest BCUT2D eigenvalue weighted by atomic mass is 10.0. The largest absolute Gasteiger partial charge is 0.496 e. The van der Waals surface area contributed by atoms with E-state index in [1.165, 1.54) is 0 Å². The van der Waals surface area contributed by atoms with Crippen LogP contribution < -0.4 is 18.9 Å². The molecule has 2 aromatic rings. The summed E-state index contributed by atoms with van der Waals surface area (Å²) in [6.07, 6.45) is 5.16. The second-order valence-electron chi connectivity index (χ2n) is 7.22. The summed E-state index contributed by atoms with van der Waals surface area (Å²) in [7, 11) is 3.36. The summed E-state index contributed by atoms with van der Waals surface area (Å²) in [5.41, 5.74) is 3.15. The normalized spacial score (nSPS) is 11.3. The van der Waals surface area contributed by atoms with Crippen LogP contribution in [0, 0.1) is 6.92 Å². The molecule has 0 radical (unpaired) electrons. The summed E-state index contributed by atoms with van der Waals surface area (Å²) in [5.74, 6) is 3.33. The van der Waals surface area contributed by atoms with Crippen molar-refractivity contribution in [1.82, 2.24) is 0 Å². The average molecular weight is 385 g/mol. The maximum atomic E-state index is 5.99. The zero-order chi connectivity index (χ0) is 20.7. The first-order chi connectivity index (χ1) is 13.3. The number of benzene rings is 2. The highest BCUT2D eigenvalue weighted by Gasteiger charge is 2.11. The van der Waals surface area contributed by atoms with E-state index in [9.17, 15) is 0 Å². The van der Waals surface area contributed by atoms with Crippen molar-refractivity contribution in [3.05, 3.63) is 53.1 Å². The van der Waals surface area contributed by atoms with Crippen LogP contribution in [0.1, 0.15) is 44.4 Å². The van der Waals surface area contributed by atoms with Gasteiger partial charge >= 0.3 is 0 Å². The van der Waals surface area contributed by atoms with Crippen LogP contribution in [0.5, 0.6) is 23.0 Å². The molecule has 152 valence electrons. The molecule has 28 heavy (non-hydrogen) atoms. The first kappa shape index (κ1) is 21.7. The van der Waals surface area contributed by atoms with Crippen molar-refractivity contribution in [2.75, 3.05) is 14.2 Å². The molecule has 0 saturated carbocycles. The van der Waals surface area contributed by atoms with Gasteiger partial charge in [-0.3, -0.25) is 0 Å². The van der Waals surface area contributed by atoms with Crippen molar-refractivity contribution in [3.8, 4) is 23.0 Å². The lowest BCUT2D eigenvalue weighted by molar-refractivity contribution is 0.229. The third kappa shape index (κ3) is 5.69. The number of hydrogen-bond acceptors (Lipinski definition) is 4. The summed E-state index contributed by atoms with van der Waals surface area (Å²) in [5, 5.41) is 0. The molecular formula is C24H32O4. The van der Waals surface area contributed by atoms with Crippen LogP contribution >= 0.6 is 0 Å². The summed E-state index contributed by atoms with van der Waals surface area (Å²) in [6.45, 7) is 10.1. The van der Waals surface area contributed by atoms with Gasteiger partial charge in [-0.25, -0.2) is 0 Å². The topological polar surface area (TPSA) is 36.9 Å². The molecule has 0 aromatic heterocycles. The Kier molecular flexibility index (Phi) is 7.80. The van der Waals surface area contributed by atoms with Gasteiger partial charge in [0.15, 0.2) is 0 Å². The minimum absolute atomic E-state index is 0.0887. The van der Waals surface area contributed by atoms with Gasteiger partial charge in [0.2, 0.25) is 0 Å². The highest BCUT2D eigenvalue weighted by Crippen LogP contribution is 2.32. The van der Waals surface area contributed by atoms with Gasteiger partial charge in [0.25, 0.3) is 0 Å². The van der Waals surface area contributed by atoms with Crippen molar-refractivity contribution >= 4 is 6.08 Å². The fraction of sp³-hybridized carbons (Fsp3) is 0.417. The number of rotatable bonds is 9. The molecule has 0 aliphatic rings. The van der Waals surface area contributed by atoms with E-state index in [0.717, 1.165) is 46.1 Å². The average Bonchev–Trinajstić information content (AvgIpc) is 2.62. The highest BCUT2D eigenvalue weighted by molar-refractivity contribution is 5.60. The van der Waals surface area contributed by atoms with Gasteiger partial charge in [-0.15, -0.1) is 0 Å². The van der Waals surface area contributed by atoms with Crippen LogP contribution in [0.3, 0.4) is 0 Å². The molecule has 0 heterocycles. The molecule has 0 fully saturated rings. The van der Waals surface area contributed by atoms with Gasteiger partial charge in [-0.2, -0.15) is 0 Å². The van der Waals surface area contributed by atoms with Gasteiger partial charge < -0.3 is 18.9 Å². The van der Waals surface area contributed by atoms with Crippen molar-refractivity contribution in [2.24, 2.45) is 0 Å². The van der Waals surface area contributed by atoms with E-state index in [1.54, 1.807) is 14.2 Å². The van der Waals surface area contributed by atoms with Crippen molar-refractivity contribution < 1.29 is 18.9 Å². The molecule has 0 N–H and O–H groups in total. The maximum Gasteiger partial charge on any atom is 0.130 e. The molecule has 2 aromatic carbocycles. The van der Waals surface area contributed by atoms with Crippen LogP contribution in [0.2, 0.25) is 0 Å². The minimum atomic E-state index is 0.0887. The van der Waals surface area contributed by atoms with Crippen LogP contribution in [0.15, 0.2) is 36.4 Å². The predicted molar refractivity (Wildman–Crippen MR) is 115 cm³/mol. The molecule has 4 nitrogen and oxygen atoms in total. The number of allylic oxidation sites excluding steroid dienone is 1. The Bertz CT molecular complexity index is 806. The van der Waals surface area contributed by atoms with Gasteiger partial charge in [0, 0.05) is 17.2 Å². The number of hydrogen-bond donors (Lipinski definition) is 0. The zero-order valence-corrected chi connectivity index (χ0v) is 18.0. The first-order valence-electron chi connectivity index (χ1n) is 9.70. The molecule has 0 atom stereocenters. The molecule has 0 aliphatic heterocycles. The fourth-order valence-electron chi connectivity index (χ4n) is 3.06. The Balaban J connectivity index is 2.25. The molecule has 0 unspecified atom stereocenters. The molecule has 0 bridgehead atoms. The Morgan fingerprint density at radius 1 is 0.857 bits per heavy atom. The van der Waals surface area contributed by atoms with Crippen molar-refractivity contribution in [2.45, 2.75) is 53.2 Å². The minimum Gasteiger partial charge on any atom is -0.496 e. The summed E-state index contributed by atoms with van der Waals surface area (Å²) in [4.78, 5) is 0. The lowest BCUT2D eigenvalue weighted by Crippen LogP contribution is -2.08. The van der Waals surface area contributed by atoms with Gasteiger partial charge in [0.1, 0.15) is 23.0 Å². The van der Waals surface area contributed by atoms with E-state index < -0.39 is 0 Å². The SMILES string of the molecule is COc1ccc(C/C=C/c2ccc(OC(C)C)cc2OC(C)C)c(OC)c1C. The first-order valence-corrected chi connectivity index (χ1v) is 9.70. The van der Waals surface area contributed by atoms with Crippen LogP contribution in [0.25, 0.3) is 6.08 Å². The van der Waals surface area contributed by atoms with Crippen LogP contribution in [0.4, 0.5) is 0 Å². The predicted octanol–water partition coefficient (Wildman–Crippen LogP) is 5.84. The van der Waals surface area contributed by atoms with Crippen molar-refractivity contribution in [3.63, 3.8) is 0 Å². The molecule has 0 aliphatic carbocycles. The van der Waals surface area contributed by atoms with Gasteiger partial charge in [-0.1, -0.05) is 18.2 Å². The highest BCUT2D eigenvalue weighted by atomic mass is 16.5. The Labute approximate surface area is 169 Å².